The predicted octanol–water partition coefficient (Wildman–Crippen LogP) is 1.94. The first-order chi connectivity index (χ1) is 11.2. The zero-order valence-corrected chi connectivity index (χ0v) is 12.8. The molecule has 0 unspecified atom stereocenters. The molecule has 23 heavy (non-hydrogen) atoms. The Morgan fingerprint density at radius 1 is 1.09 bits per heavy atom. The number of benzene rings is 1. The molecule has 0 atom stereocenters. The minimum Gasteiger partial charge on any atom is -0.399 e. The van der Waals surface area contributed by atoms with Gasteiger partial charge in [0.2, 0.25) is 0 Å². The normalized spacial score (nSPS) is 16.1. The molecule has 0 bridgehead atoms. The van der Waals surface area contributed by atoms with Gasteiger partial charge in [-0.1, -0.05) is 12.1 Å². The zero-order valence-electron chi connectivity index (χ0n) is 12.8. The van der Waals surface area contributed by atoms with Gasteiger partial charge in [0, 0.05) is 30.5 Å². The van der Waals surface area contributed by atoms with Crippen molar-refractivity contribution in [2.75, 3.05) is 23.7 Å². The van der Waals surface area contributed by atoms with Crippen LogP contribution in [0.25, 0.3) is 16.8 Å². The molecule has 1 saturated heterocycles. The number of nitrogens with zero attached hydrogens (tertiary/aromatic N) is 4. The summed E-state index contributed by atoms with van der Waals surface area (Å²) in [6.07, 6.45) is 5.05. The monoisotopic (exact) mass is 309 g/mol. The van der Waals surface area contributed by atoms with Gasteiger partial charge in [-0.2, -0.15) is 9.61 Å². The second kappa shape index (κ2) is 5.55. The highest BCUT2D eigenvalue weighted by Gasteiger charge is 2.20. The van der Waals surface area contributed by atoms with Crippen molar-refractivity contribution in [2.24, 2.45) is 0 Å². The Labute approximate surface area is 134 Å². The fourth-order valence-electron chi connectivity index (χ4n) is 3.08. The molecule has 4 rings (SSSR count). The maximum Gasteiger partial charge on any atom is 0.165 e. The van der Waals surface area contributed by atoms with E-state index in [1.165, 1.54) is 0 Å². The van der Waals surface area contributed by atoms with Gasteiger partial charge in [0.1, 0.15) is 5.82 Å². The van der Waals surface area contributed by atoms with Crippen LogP contribution in [0.4, 0.5) is 11.5 Å². The number of nitrogen functional groups attached to an aromatic ring is 1. The van der Waals surface area contributed by atoms with E-state index in [-0.39, 0.29) is 6.10 Å². The van der Waals surface area contributed by atoms with Crippen molar-refractivity contribution in [3.8, 4) is 11.1 Å². The molecule has 0 spiro atoms. The number of aliphatic hydroxyl groups excluding tert-OH is 1. The number of nitrogens with two attached hydrogens (primary N) is 1. The van der Waals surface area contributed by atoms with Gasteiger partial charge in [-0.25, -0.2) is 4.98 Å². The van der Waals surface area contributed by atoms with Gasteiger partial charge < -0.3 is 15.7 Å². The van der Waals surface area contributed by atoms with Crippen molar-refractivity contribution >= 4 is 17.2 Å². The molecule has 6 nitrogen and oxygen atoms in total. The molecule has 2 aromatic heterocycles. The van der Waals surface area contributed by atoms with Crippen LogP contribution in [0.5, 0.6) is 0 Å². The van der Waals surface area contributed by atoms with Gasteiger partial charge in [0.25, 0.3) is 0 Å². The topological polar surface area (TPSA) is 79.7 Å². The van der Waals surface area contributed by atoms with Crippen LogP contribution < -0.4 is 10.6 Å². The van der Waals surface area contributed by atoms with Crippen molar-refractivity contribution in [2.45, 2.75) is 18.9 Å². The minimum absolute atomic E-state index is 0.188. The molecule has 1 aliphatic rings. The van der Waals surface area contributed by atoms with Crippen molar-refractivity contribution in [1.29, 1.82) is 0 Å². The molecule has 3 N–H and O–H groups in total. The van der Waals surface area contributed by atoms with Crippen LogP contribution in [0.3, 0.4) is 0 Å². The maximum absolute atomic E-state index is 9.69. The standard InChI is InChI=1S/C17H19N5O/c18-13-3-1-12(2-4-13)15-11-20-22-16(5-8-19-17(15)22)21-9-6-14(23)7-10-21/h1-5,8,11,14,23H,6-7,9-10,18H2. The Morgan fingerprint density at radius 3 is 2.57 bits per heavy atom. The van der Waals surface area contributed by atoms with E-state index in [0.29, 0.717) is 0 Å². The molecular weight excluding hydrogens is 290 g/mol. The lowest BCUT2D eigenvalue weighted by Gasteiger charge is -2.31. The Balaban J connectivity index is 1.76. The lowest BCUT2D eigenvalue weighted by molar-refractivity contribution is 0.145. The fourth-order valence-corrected chi connectivity index (χ4v) is 3.08. The quantitative estimate of drug-likeness (QED) is 0.707. The van der Waals surface area contributed by atoms with Crippen LogP contribution in [0.2, 0.25) is 0 Å². The van der Waals surface area contributed by atoms with Crippen molar-refractivity contribution < 1.29 is 5.11 Å². The third-order valence-corrected chi connectivity index (χ3v) is 4.39. The summed E-state index contributed by atoms with van der Waals surface area (Å²) in [5.74, 6) is 1.02. The number of piperidine rings is 1. The molecule has 0 amide bonds. The second-order valence-corrected chi connectivity index (χ2v) is 5.94. The summed E-state index contributed by atoms with van der Waals surface area (Å²) < 4.78 is 1.88. The average molecular weight is 309 g/mol. The molecule has 1 aliphatic heterocycles. The number of hydrogen-bond acceptors (Lipinski definition) is 5. The average Bonchev–Trinajstić information content (AvgIpc) is 3.00. The zero-order chi connectivity index (χ0) is 15.8. The molecule has 0 saturated carbocycles. The summed E-state index contributed by atoms with van der Waals surface area (Å²) >= 11 is 0. The Bertz CT molecular complexity index is 819. The molecular formula is C17H19N5O. The molecule has 118 valence electrons. The lowest BCUT2D eigenvalue weighted by atomic mass is 10.1. The number of rotatable bonds is 2. The summed E-state index contributed by atoms with van der Waals surface area (Å²) in [5, 5.41) is 14.2. The van der Waals surface area contributed by atoms with E-state index < -0.39 is 0 Å². The first-order valence-corrected chi connectivity index (χ1v) is 7.84. The summed E-state index contributed by atoms with van der Waals surface area (Å²) in [4.78, 5) is 6.75. The Hall–Kier alpha value is -2.60. The molecule has 1 fully saturated rings. The van der Waals surface area contributed by atoms with E-state index in [2.05, 4.69) is 15.0 Å². The number of aliphatic hydroxyl groups is 1. The Morgan fingerprint density at radius 2 is 1.83 bits per heavy atom. The third-order valence-electron chi connectivity index (χ3n) is 4.39. The molecule has 3 heterocycles. The first kappa shape index (κ1) is 14.0. The summed E-state index contributed by atoms with van der Waals surface area (Å²) in [7, 11) is 0. The largest absolute Gasteiger partial charge is 0.399 e. The van der Waals surface area contributed by atoms with E-state index in [1.54, 1.807) is 0 Å². The van der Waals surface area contributed by atoms with E-state index >= 15 is 0 Å². The van der Waals surface area contributed by atoms with E-state index in [9.17, 15) is 5.11 Å². The molecule has 1 aromatic carbocycles. The van der Waals surface area contributed by atoms with Gasteiger partial charge in [-0.15, -0.1) is 0 Å². The van der Waals surface area contributed by atoms with E-state index in [0.717, 1.165) is 54.2 Å². The highest BCUT2D eigenvalue weighted by atomic mass is 16.3. The molecule has 6 heteroatoms. The van der Waals surface area contributed by atoms with Crippen molar-refractivity contribution in [3.05, 3.63) is 42.7 Å². The minimum atomic E-state index is -0.188. The third kappa shape index (κ3) is 2.51. The smallest absolute Gasteiger partial charge is 0.165 e. The Kier molecular flexibility index (Phi) is 3.38. The highest BCUT2D eigenvalue weighted by molar-refractivity contribution is 5.78. The number of anilines is 2. The second-order valence-electron chi connectivity index (χ2n) is 5.94. The molecule has 0 radical (unpaired) electrons. The van der Waals surface area contributed by atoms with Crippen LogP contribution in [-0.4, -0.2) is 38.9 Å². The molecule has 0 aliphatic carbocycles. The van der Waals surface area contributed by atoms with Crippen molar-refractivity contribution in [3.63, 3.8) is 0 Å². The van der Waals surface area contributed by atoms with Gasteiger partial charge in [0.15, 0.2) is 5.65 Å². The lowest BCUT2D eigenvalue weighted by Crippen LogP contribution is -2.36. The molecule has 3 aromatic rings. The highest BCUT2D eigenvalue weighted by Crippen LogP contribution is 2.27. The first-order valence-electron chi connectivity index (χ1n) is 7.84. The summed E-state index contributed by atoms with van der Waals surface area (Å²) in [6.45, 7) is 1.66. The van der Waals surface area contributed by atoms with Crippen LogP contribution in [0, 0.1) is 0 Å². The maximum atomic E-state index is 9.69. The van der Waals surface area contributed by atoms with Crippen LogP contribution >= 0.6 is 0 Å². The van der Waals surface area contributed by atoms with Crippen LogP contribution in [0.1, 0.15) is 12.8 Å². The van der Waals surface area contributed by atoms with Gasteiger partial charge in [-0.3, -0.25) is 0 Å². The van der Waals surface area contributed by atoms with E-state index in [1.807, 2.05) is 47.2 Å². The van der Waals surface area contributed by atoms with Crippen molar-refractivity contribution in [1.82, 2.24) is 14.6 Å². The fraction of sp³-hybridized carbons (Fsp3) is 0.294. The number of aromatic nitrogens is 3. The van der Waals surface area contributed by atoms with Gasteiger partial charge in [0.05, 0.1) is 12.3 Å². The van der Waals surface area contributed by atoms with Gasteiger partial charge in [-0.05, 0) is 36.6 Å². The summed E-state index contributed by atoms with van der Waals surface area (Å²) in [6, 6.07) is 9.71. The van der Waals surface area contributed by atoms with Crippen LogP contribution in [-0.2, 0) is 0 Å². The SMILES string of the molecule is Nc1ccc(-c2cnn3c(N4CCC(O)CC4)ccnc23)cc1. The van der Waals surface area contributed by atoms with Crippen LogP contribution in [0.15, 0.2) is 42.7 Å². The predicted molar refractivity (Wildman–Crippen MR) is 90.3 cm³/mol. The number of fused-ring (bicyclic) bond motifs is 1. The summed E-state index contributed by atoms with van der Waals surface area (Å²) in [5.41, 5.74) is 9.37. The van der Waals surface area contributed by atoms with Gasteiger partial charge >= 0.3 is 0 Å². The van der Waals surface area contributed by atoms with E-state index in [4.69, 9.17) is 5.73 Å². The number of hydrogen-bond donors (Lipinski definition) is 2.